The minimum atomic E-state index is -4.46. The van der Waals surface area contributed by atoms with Crippen LogP contribution in [0.2, 0.25) is 0 Å². The predicted octanol–water partition coefficient (Wildman–Crippen LogP) is 9.46. The molecule has 2 fully saturated rings. The average molecular weight is 667 g/mol. The number of carbonyl (C=O) groups is 1. The van der Waals surface area contributed by atoms with E-state index < -0.39 is 23.5 Å². The Labute approximate surface area is 275 Å². The number of nitrogens with one attached hydrogen (secondary N) is 1. The fourth-order valence-electron chi connectivity index (χ4n) is 6.74. The smallest absolute Gasteiger partial charge is 0.355 e. The van der Waals surface area contributed by atoms with E-state index in [2.05, 4.69) is 15.2 Å². The third-order valence-corrected chi connectivity index (χ3v) is 9.38. The lowest BCUT2D eigenvalue weighted by Gasteiger charge is -2.40. The second-order valence-electron chi connectivity index (χ2n) is 12.5. The Morgan fingerprint density at radius 1 is 0.833 bits per heavy atom. The summed E-state index contributed by atoms with van der Waals surface area (Å²) in [5.74, 6) is -0.210. The second-order valence-corrected chi connectivity index (χ2v) is 12.5. The average Bonchev–Trinajstić information content (AvgIpc) is 3.62. The highest BCUT2D eigenvalue weighted by Crippen LogP contribution is 2.34. The summed E-state index contributed by atoms with van der Waals surface area (Å²) in [6.07, 6.45) is 2.15. The van der Waals surface area contributed by atoms with Crippen LogP contribution in [-0.4, -0.2) is 45.9 Å². The number of amides is 1. The molecule has 6 rings (SSSR count). The van der Waals surface area contributed by atoms with Crippen molar-refractivity contribution in [2.75, 3.05) is 18.4 Å². The molecule has 1 amide bonds. The molecule has 1 saturated heterocycles. The molecular formula is C37H36F6N4O. The number of benzene rings is 3. The van der Waals surface area contributed by atoms with Crippen molar-refractivity contribution >= 4 is 34.3 Å². The lowest BCUT2D eigenvalue weighted by molar-refractivity contribution is -0.138. The highest BCUT2D eigenvalue weighted by atomic mass is 19.4. The van der Waals surface area contributed by atoms with Crippen molar-refractivity contribution < 1.29 is 31.1 Å². The molecule has 2 aliphatic rings. The molecule has 11 heteroatoms. The Morgan fingerprint density at radius 3 is 2.12 bits per heavy atom. The number of hydrogen-bond donors (Lipinski definition) is 1. The van der Waals surface area contributed by atoms with Crippen molar-refractivity contribution in [1.29, 1.82) is 0 Å². The number of anilines is 2. The van der Waals surface area contributed by atoms with Crippen LogP contribution < -0.4 is 5.32 Å². The van der Waals surface area contributed by atoms with Gasteiger partial charge in [-0.25, -0.2) is 0 Å². The van der Waals surface area contributed by atoms with Crippen LogP contribution in [0.1, 0.15) is 60.8 Å². The number of carbonyl (C=O) groups excluding carboxylic acids is 1. The van der Waals surface area contributed by atoms with Crippen LogP contribution >= 0.6 is 0 Å². The van der Waals surface area contributed by atoms with Crippen molar-refractivity contribution in [3.63, 3.8) is 0 Å². The zero-order valence-corrected chi connectivity index (χ0v) is 26.2. The van der Waals surface area contributed by atoms with Gasteiger partial charge in [-0.15, -0.1) is 0 Å². The summed E-state index contributed by atoms with van der Waals surface area (Å²) in [6.45, 7) is 2.17. The van der Waals surface area contributed by atoms with Crippen LogP contribution in [-0.2, 0) is 23.7 Å². The number of aromatic nitrogens is 1. The molecule has 0 radical (unpaired) electrons. The SMILES string of the molecule is O=C(/C=C/c1ccc(C(F)(F)F)cc1)N(Cc1ccc(Nc2ccnc3cc(C(F)(F)F)ccc23)cc1)C1CCN(C2CCCC2)CC1. The molecule has 2 heterocycles. The fourth-order valence-corrected chi connectivity index (χ4v) is 6.74. The summed E-state index contributed by atoms with van der Waals surface area (Å²) in [5, 5.41) is 3.82. The van der Waals surface area contributed by atoms with Gasteiger partial charge >= 0.3 is 12.4 Å². The Hall–Kier alpha value is -4.38. The minimum Gasteiger partial charge on any atom is -0.355 e. The third kappa shape index (κ3) is 8.01. The highest BCUT2D eigenvalue weighted by molar-refractivity contribution is 5.93. The molecule has 48 heavy (non-hydrogen) atoms. The van der Waals surface area contributed by atoms with Crippen LogP contribution in [0, 0.1) is 0 Å². The van der Waals surface area contributed by atoms with Gasteiger partial charge in [-0.2, -0.15) is 26.3 Å². The Bertz CT molecular complexity index is 1740. The normalized spacial score (nSPS) is 17.0. The van der Waals surface area contributed by atoms with E-state index in [9.17, 15) is 31.1 Å². The summed E-state index contributed by atoms with van der Waals surface area (Å²) in [4.78, 5) is 22.2. The Balaban J connectivity index is 1.17. The van der Waals surface area contributed by atoms with Crippen LogP contribution in [0.4, 0.5) is 37.7 Å². The number of rotatable bonds is 8. The quantitative estimate of drug-likeness (QED) is 0.150. The van der Waals surface area contributed by atoms with E-state index in [1.807, 2.05) is 29.2 Å². The number of hydrogen-bond acceptors (Lipinski definition) is 4. The molecule has 252 valence electrons. The number of alkyl halides is 6. The van der Waals surface area contributed by atoms with Gasteiger partial charge in [0.1, 0.15) is 0 Å². The van der Waals surface area contributed by atoms with Gasteiger partial charge < -0.3 is 15.1 Å². The fraction of sp³-hybridized carbons (Fsp3) is 0.351. The third-order valence-electron chi connectivity index (χ3n) is 9.38. The monoisotopic (exact) mass is 666 g/mol. The van der Waals surface area contributed by atoms with Gasteiger partial charge in [-0.3, -0.25) is 9.78 Å². The van der Waals surface area contributed by atoms with Gasteiger partial charge in [0.05, 0.1) is 16.6 Å². The molecule has 0 bridgehead atoms. The number of piperidine rings is 1. The lowest BCUT2D eigenvalue weighted by Crippen LogP contribution is -2.48. The maximum absolute atomic E-state index is 13.7. The number of fused-ring (bicyclic) bond motifs is 1. The molecular weight excluding hydrogens is 630 g/mol. The standard InChI is InChI=1S/C37H36F6N4O/c38-36(39,40)27-10-5-25(6-11-27)9-16-35(48)47(31-18-21-46(22-19-31)30-3-1-2-4-30)24-26-7-13-29(14-8-26)45-33-17-20-44-34-23-28(37(41,42)43)12-15-32(33)34/h5-17,20,23,30-31H,1-4,18-19,21-22,24H2,(H,44,45)/b16-9+. The number of halogens is 6. The van der Waals surface area contributed by atoms with Crippen LogP contribution in [0.25, 0.3) is 17.0 Å². The molecule has 3 aromatic carbocycles. The summed E-state index contributed by atoms with van der Waals surface area (Å²) in [5.41, 5.74) is 1.44. The molecule has 1 aliphatic carbocycles. The molecule has 0 atom stereocenters. The van der Waals surface area contributed by atoms with Crippen molar-refractivity contribution in [2.45, 2.75) is 69.5 Å². The van der Waals surface area contributed by atoms with Gasteiger partial charge in [0.25, 0.3) is 0 Å². The number of nitrogens with zero attached hydrogens (tertiary/aromatic N) is 3. The summed E-state index contributed by atoms with van der Waals surface area (Å²) < 4.78 is 78.6. The molecule has 0 spiro atoms. The maximum atomic E-state index is 13.7. The van der Waals surface area contributed by atoms with Gasteiger partial charge in [0.15, 0.2) is 0 Å². The summed E-state index contributed by atoms with van der Waals surface area (Å²) in [7, 11) is 0. The van der Waals surface area contributed by atoms with Crippen molar-refractivity contribution in [3.8, 4) is 0 Å². The van der Waals surface area contributed by atoms with Crippen molar-refractivity contribution in [1.82, 2.24) is 14.8 Å². The van der Waals surface area contributed by atoms with Crippen LogP contribution in [0.3, 0.4) is 0 Å². The van der Waals surface area contributed by atoms with Gasteiger partial charge in [0.2, 0.25) is 5.91 Å². The van der Waals surface area contributed by atoms with E-state index in [1.165, 1.54) is 56.2 Å². The Kier molecular flexibility index (Phi) is 9.78. The van der Waals surface area contributed by atoms with E-state index >= 15 is 0 Å². The largest absolute Gasteiger partial charge is 0.416 e. The van der Waals surface area contributed by atoms with Gasteiger partial charge in [0, 0.05) is 60.8 Å². The summed E-state index contributed by atoms with van der Waals surface area (Å²) >= 11 is 0. The van der Waals surface area contributed by atoms with Crippen LogP contribution in [0.15, 0.2) is 85.1 Å². The van der Waals surface area contributed by atoms with E-state index in [0.29, 0.717) is 29.2 Å². The van der Waals surface area contributed by atoms with E-state index in [-0.39, 0.29) is 17.5 Å². The van der Waals surface area contributed by atoms with Gasteiger partial charge in [-0.05, 0) is 85.4 Å². The molecule has 1 N–H and O–H groups in total. The zero-order valence-electron chi connectivity index (χ0n) is 26.2. The molecule has 1 saturated carbocycles. The maximum Gasteiger partial charge on any atom is 0.416 e. The Morgan fingerprint density at radius 2 is 1.48 bits per heavy atom. The minimum absolute atomic E-state index is 0.00924. The second kappa shape index (κ2) is 14.0. The molecule has 5 nitrogen and oxygen atoms in total. The highest BCUT2D eigenvalue weighted by Gasteiger charge is 2.32. The molecule has 1 aromatic heterocycles. The van der Waals surface area contributed by atoms with E-state index in [0.717, 1.165) is 61.4 Å². The lowest BCUT2D eigenvalue weighted by atomic mass is 9.99. The number of pyridine rings is 1. The van der Waals surface area contributed by atoms with E-state index in [4.69, 9.17) is 0 Å². The first kappa shape index (κ1) is 33.5. The summed E-state index contributed by atoms with van der Waals surface area (Å²) in [6, 6.07) is 18.0. The molecule has 4 aromatic rings. The number of likely N-dealkylation sites (tertiary alicyclic amines) is 1. The zero-order chi connectivity index (χ0) is 33.9. The first-order chi connectivity index (χ1) is 22.9. The van der Waals surface area contributed by atoms with Crippen molar-refractivity contribution in [3.05, 3.63) is 107 Å². The topological polar surface area (TPSA) is 48.5 Å². The molecule has 0 unspecified atom stereocenters. The molecule has 1 aliphatic heterocycles. The van der Waals surface area contributed by atoms with E-state index in [1.54, 1.807) is 12.1 Å². The first-order valence-electron chi connectivity index (χ1n) is 16.2. The first-order valence-corrected chi connectivity index (χ1v) is 16.2. The van der Waals surface area contributed by atoms with Gasteiger partial charge in [-0.1, -0.05) is 43.2 Å². The van der Waals surface area contributed by atoms with Crippen molar-refractivity contribution in [2.24, 2.45) is 0 Å². The predicted molar refractivity (Wildman–Crippen MR) is 174 cm³/mol. The van der Waals surface area contributed by atoms with Crippen LogP contribution in [0.5, 0.6) is 0 Å².